The summed E-state index contributed by atoms with van der Waals surface area (Å²) in [6.45, 7) is 0. The summed E-state index contributed by atoms with van der Waals surface area (Å²) in [4.78, 5) is 31.3. The summed E-state index contributed by atoms with van der Waals surface area (Å²) in [6.07, 6.45) is 0. The highest BCUT2D eigenvalue weighted by atomic mass is 16.2. The van der Waals surface area contributed by atoms with Crippen molar-refractivity contribution in [2.45, 2.75) is 0 Å². The molecule has 2 aromatic heterocycles. The van der Waals surface area contributed by atoms with E-state index in [0.717, 1.165) is 77.0 Å². The van der Waals surface area contributed by atoms with Crippen LogP contribution in [0.25, 0.3) is 99.5 Å². The van der Waals surface area contributed by atoms with Crippen LogP contribution in [0.15, 0.2) is 218 Å². The van der Waals surface area contributed by atoms with Crippen LogP contribution in [0, 0.1) is 34.0 Å². The van der Waals surface area contributed by atoms with Gasteiger partial charge in [-0.05, 0) is 112 Å². The van der Waals surface area contributed by atoms with Gasteiger partial charge in [-0.15, -0.1) is 0 Å². The van der Waals surface area contributed by atoms with Crippen LogP contribution in [0.1, 0.15) is 37.4 Å². The van der Waals surface area contributed by atoms with Crippen LogP contribution in [0.3, 0.4) is 0 Å². The Hall–Kier alpha value is -10.6. The normalized spacial score (nSPS) is 12.1. The molecular formula is C65H36N6O2. The monoisotopic (exact) mass is 932 g/mol. The Morgan fingerprint density at radius 2 is 0.781 bits per heavy atom. The van der Waals surface area contributed by atoms with Crippen LogP contribution in [-0.2, 0) is 0 Å². The fraction of sp³-hybridized carbons (Fsp3) is 0. The van der Waals surface area contributed by atoms with E-state index in [-0.39, 0.29) is 11.1 Å². The van der Waals surface area contributed by atoms with Crippen molar-refractivity contribution < 1.29 is 9.59 Å². The van der Waals surface area contributed by atoms with Gasteiger partial charge >= 0.3 is 0 Å². The van der Waals surface area contributed by atoms with Crippen LogP contribution in [-0.4, -0.2) is 20.9 Å². The molecule has 8 nitrogen and oxygen atoms in total. The molecule has 0 saturated heterocycles. The van der Waals surface area contributed by atoms with Gasteiger partial charge in [0.05, 0.1) is 73.5 Å². The fourth-order valence-electron chi connectivity index (χ4n) is 10.8. The van der Waals surface area contributed by atoms with Gasteiger partial charge in [0.25, 0.3) is 11.8 Å². The molecule has 73 heavy (non-hydrogen) atoms. The Bertz CT molecular complexity index is 4250. The van der Waals surface area contributed by atoms with E-state index in [1.807, 2.05) is 152 Å². The van der Waals surface area contributed by atoms with Crippen LogP contribution in [0.4, 0.5) is 5.69 Å². The van der Waals surface area contributed by atoms with Crippen LogP contribution < -0.4 is 4.90 Å². The summed E-state index contributed by atoms with van der Waals surface area (Å²) in [7, 11) is 0. The minimum atomic E-state index is -0.445. The van der Waals surface area contributed by atoms with E-state index < -0.39 is 11.8 Å². The number of carbonyl (C=O) groups is 2. The van der Waals surface area contributed by atoms with E-state index in [9.17, 15) is 20.6 Å². The fourth-order valence-corrected chi connectivity index (χ4v) is 10.8. The highest BCUT2D eigenvalue weighted by molar-refractivity contribution is 6.37. The smallest absolute Gasteiger partial charge is 0.266 e. The molecule has 0 atom stereocenters. The van der Waals surface area contributed by atoms with Crippen LogP contribution >= 0.6 is 0 Å². The van der Waals surface area contributed by atoms with Gasteiger partial charge in [0.2, 0.25) is 0 Å². The first-order valence-corrected chi connectivity index (χ1v) is 23.8. The van der Waals surface area contributed by atoms with Crippen LogP contribution in [0.5, 0.6) is 0 Å². The largest absolute Gasteiger partial charge is 0.308 e. The van der Waals surface area contributed by atoms with E-state index >= 15 is 4.79 Å². The number of imide groups is 1. The standard InChI is InChI=1S/C65H36N6O2/c66-37-40-21-25-42(26-22-40)45-29-31-52-50-14-5-8-19-57(50)69(59(52)33-45)61-35-47(49-16-10-17-54-63(49)65(73)71(64(54)72)56-18-7-4-13-48(56)44-11-2-1-3-12-44)36-62(55(61)39-68)70-58-20-9-6-15-51(58)53-32-30-46(34-60(53)70)43-27-23-41(38-67)24-28-43/h1-36H. The first kappa shape index (κ1) is 42.5. The number of hydrogen-bond acceptors (Lipinski definition) is 5. The quantitative estimate of drug-likeness (QED) is 0.147. The number of nitrogens with zero attached hydrogens (tertiary/aromatic N) is 6. The van der Waals surface area contributed by atoms with Crippen molar-refractivity contribution in [3.63, 3.8) is 0 Å². The van der Waals surface area contributed by atoms with Gasteiger partial charge in [-0.25, -0.2) is 4.90 Å². The summed E-state index contributed by atoms with van der Waals surface area (Å²) in [5, 5.41) is 34.9. The third kappa shape index (κ3) is 6.66. The van der Waals surface area contributed by atoms with Crippen molar-refractivity contribution in [1.29, 1.82) is 15.8 Å². The lowest BCUT2D eigenvalue weighted by Crippen LogP contribution is -2.30. The molecule has 0 fully saturated rings. The topological polar surface area (TPSA) is 119 Å². The summed E-state index contributed by atoms with van der Waals surface area (Å²) in [5.74, 6) is -0.867. The van der Waals surface area contributed by atoms with Crippen molar-refractivity contribution in [3.05, 3.63) is 246 Å². The number of carbonyl (C=O) groups excluding carboxylic acids is 2. The molecule has 8 heteroatoms. The zero-order valence-corrected chi connectivity index (χ0v) is 38.8. The molecule has 0 unspecified atom stereocenters. The zero-order valence-electron chi connectivity index (χ0n) is 38.8. The molecule has 2 amide bonds. The molecule has 3 heterocycles. The third-order valence-electron chi connectivity index (χ3n) is 14.2. The Morgan fingerprint density at radius 1 is 0.315 bits per heavy atom. The molecule has 0 saturated carbocycles. The average Bonchev–Trinajstić information content (AvgIpc) is 4.06. The van der Waals surface area contributed by atoms with Gasteiger partial charge in [-0.2, -0.15) is 15.8 Å². The predicted octanol–water partition coefficient (Wildman–Crippen LogP) is 15.0. The molecule has 0 bridgehead atoms. The van der Waals surface area contributed by atoms with Crippen molar-refractivity contribution in [2.24, 2.45) is 0 Å². The minimum Gasteiger partial charge on any atom is -0.308 e. The summed E-state index contributed by atoms with van der Waals surface area (Å²) < 4.78 is 4.27. The predicted molar refractivity (Wildman–Crippen MR) is 289 cm³/mol. The lowest BCUT2D eigenvalue weighted by Gasteiger charge is -2.20. The number of benzene rings is 10. The molecule has 0 spiro atoms. The molecule has 0 radical (unpaired) electrons. The van der Waals surface area contributed by atoms with Crippen molar-refractivity contribution in [1.82, 2.24) is 9.13 Å². The maximum atomic E-state index is 15.3. The van der Waals surface area contributed by atoms with Gasteiger partial charge < -0.3 is 9.13 Å². The summed E-state index contributed by atoms with van der Waals surface area (Å²) >= 11 is 0. The third-order valence-corrected chi connectivity index (χ3v) is 14.2. The summed E-state index contributed by atoms with van der Waals surface area (Å²) in [6, 6.07) is 77.6. The second kappa shape index (κ2) is 16.8. The number of para-hydroxylation sites is 3. The summed E-state index contributed by atoms with van der Waals surface area (Å²) in [5.41, 5.74) is 13.6. The average molecular weight is 933 g/mol. The van der Waals surface area contributed by atoms with Crippen LogP contribution in [0.2, 0.25) is 0 Å². The molecule has 0 N–H and O–H groups in total. The molecule has 338 valence electrons. The number of aromatic nitrogens is 2. The Balaban J connectivity index is 1.11. The first-order valence-electron chi connectivity index (χ1n) is 23.8. The van der Waals surface area contributed by atoms with Gasteiger partial charge in [-0.3, -0.25) is 9.59 Å². The van der Waals surface area contributed by atoms with Crippen molar-refractivity contribution in [3.8, 4) is 74.1 Å². The minimum absolute atomic E-state index is 0.271. The van der Waals surface area contributed by atoms with Gasteiger partial charge in [-0.1, -0.05) is 146 Å². The SMILES string of the molecule is N#Cc1ccc(-c2ccc3c4ccccc4n(-c4cc(-c5cccc6c5C(=O)N(c5ccccc5-c5ccccc5)C6=O)cc(-n5c6ccccc6c6ccc(-c7ccc(C#N)cc7)cc65)c4C#N)c3c2)cc1. The van der Waals surface area contributed by atoms with E-state index in [4.69, 9.17) is 0 Å². The maximum Gasteiger partial charge on any atom is 0.266 e. The first-order chi connectivity index (χ1) is 35.9. The Labute approximate surface area is 418 Å². The zero-order chi connectivity index (χ0) is 49.3. The highest BCUT2D eigenvalue weighted by Gasteiger charge is 2.40. The lowest BCUT2D eigenvalue weighted by atomic mass is 9.94. The second-order valence-corrected chi connectivity index (χ2v) is 18.1. The van der Waals surface area contributed by atoms with Gasteiger partial charge in [0.1, 0.15) is 11.6 Å². The number of fused-ring (bicyclic) bond motifs is 7. The molecular weight excluding hydrogens is 897 g/mol. The number of anilines is 1. The number of hydrogen-bond donors (Lipinski definition) is 0. The second-order valence-electron chi connectivity index (χ2n) is 18.1. The van der Waals surface area contributed by atoms with E-state index in [0.29, 0.717) is 44.9 Å². The van der Waals surface area contributed by atoms with Gasteiger partial charge in [0.15, 0.2) is 0 Å². The molecule has 1 aliphatic heterocycles. The molecule has 0 aliphatic carbocycles. The highest BCUT2D eigenvalue weighted by Crippen LogP contribution is 2.45. The maximum absolute atomic E-state index is 15.3. The van der Waals surface area contributed by atoms with E-state index in [2.05, 4.69) is 88.0 Å². The lowest BCUT2D eigenvalue weighted by molar-refractivity contribution is 0.0926. The molecule has 13 rings (SSSR count). The Morgan fingerprint density at radius 3 is 1.33 bits per heavy atom. The van der Waals surface area contributed by atoms with Gasteiger partial charge in [0, 0.05) is 27.1 Å². The Kier molecular flexibility index (Phi) is 9.80. The molecule has 12 aromatic rings. The molecule has 10 aromatic carbocycles. The number of nitriles is 3. The van der Waals surface area contributed by atoms with Crippen molar-refractivity contribution in [2.75, 3.05) is 4.90 Å². The number of amides is 2. The molecule has 1 aliphatic rings. The van der Waals surface area contributed by atoms with Crippen molar-refractivity contribution >= 4 is 61.1 Å². The number of rotatable bonds is 7. The van der Waals surface area contributed by atoms with E-state index in [1.165, 1.54) is 4.90 Å². The van der Waals surface area contributed by atoms with E-state index in [1.54, 1.807) is 6.07 Å².